The number of nitrogens with zero attached hydrogens (tertiary/aromatic N) is 1. The molecule has 1 atom stereocenters. The molecule has 1 aromatic heterocycles. The monoisotopic (exact) mass is 238 g/mol. The number of carboxylic acids is 1. The Morgan fingerprint density at radius 3 is 3.19 bits per heavy atom. The van der Waals surface area contributed by atoms with E-state index in [-0.39, 0.29) is 5.69 Å². The van der Waals surface area contributed by atoms with Crippen molar-refractivity contribution in [2.75, 3.05) is 17.6 Å². The van der Waals surface area contributed by atoms with Crippen molar-refractivity contribution in [1.29, 1.82) is 0 Å². The molecule has 0 amide bonds. The van der Waals surface area contributed by atoms with Crippen LogP contribution in [0.2, 0.25) is 0 Å². The molecule has 2 heterocycles. The molecule has 1 aromatic rings. The van der Waals surface area contributed by atoms with Crippen LogP contribution in [0, 0.1) is 0 Å². The first-order valence-electron chi connectivity index (χ1n) is 5.31. The van der Waals surface area contributed by atoms with Gasteiger partial charge in [-0.3, -0.25) is 0 Å². The Morgan fingerprint density at radius 2 is 2.50 bits per heavy atom. The van der Waals surface area contributed by atoms with Crippen LogP contribution in [0.4, 0.5) is 5.82 Å². The lowest BCUT2D eigenvalue weighted by atomic mass is 10.2. The third kappa shape index (κ3) is 2.88. The van der Waals surface area contributed by atoms with Gasteiger partial charge in [-0.25, -0.2) is 9.78 Å². The van der Waals surface area contributed by atoms with Crippen molar-refractivity contribution in [2.45, 2.75) is 18.1 Å². The third-order valence-electron chi connectivity index (χ3n) is 2.50. The Balaban J connectivity index is 1.93. The minimum absolute atomic E-state index is 0.0871. The fourth-order valence-electron chi connectivity index (χ4n) is 1.68. The lowest BCUT2D eigenvalue weighted by Crippen LogP contribution is -2.15. The van der Waals surface area contributed by atoms with Crippen LogP contribution < -0.4 is 5.32 Å². The number of pyridine rings is 1. The van der Waals surface area contributed by atoms with Crippen LogP contribution in [0.3, 0.4) is 0 Å². The SMILES string of the molecule is O=C(O)c1cccc(NCC2CCCS2)n1. The van der Waals surface area contributed by atoms with Crippen molar-refractivity contribution >= 4 is 23.5 Å². The topological polar surface area (TPSA) is 62.2 Å². The van der Waals surface area contributed by atoms with Gasteiger partial charge < -0.3 is 10.4 Å². The van der Waals surface area contributed by atoms with Crippen LogP contribution in [0.25, 0.3) is 0 Å². The number of carbonyl (C=O) groups is 1. The second kappa shape index (κ2) is 5.21. The highest BCUT2D eigenvalue weighted by atomic mass is 32.2. The molecule has 1 unspecified atom stereocenters. The Hall–Kier alpha value is -1.23. The van der Waals surface area contributed by atoms with Gasteiger partial charge >= 0.3 is 5.97 Å². The molecule has 0 aliphatic carbocycles. The summed E-state index contributed by atoms with van der Waals surface area (Å²) in [5.41, 5.74) is 0.0871. The van der Waals surface area contributed by atoms with E-state index in [1.54, 1.807) is 12.1 Å². The zero-order valence-electron chi connectivity index (χ0n) is 8.85. The van der Waals surface area contributed by atoms with Gasteiger partial charge in [0.2, 0.25) is 0 Å². The molecule has 86 valence electrons. The summed E-state index contributed by atoms with van der Waals surface area (Å²) in [6, 6.07) is 5.00. The zero-order chi connectivity index (χ0) is 11.4. The van der Waals surface area contributed by atoms with E-state index in [4.69, 9.17) is 5.11 Å². The van der Waals surface area contributed by atoms with Crippen LogP contribution in [0.15, 0.2) is 18.2 Å². The number of rotatable bonds is 4. The summed E-state index contributed by atoms with van der Waals surface area (Å²) in [6.45, 7) is 0.862. The maximum Gasteiger partial charge on any atom is 0.354 e. The van der Waals surface area contributed by atoms with Crippen molar-refractivity contribution in [1.82, 2.24) is 4.98 Å². The van der Waals surface area contributed by atoms with E-state index in [2.05, 4.69) is 10.3 Å². The first kappa shape index (κ1) is 11.3. The molecule has 1 saturated heterocycles. The van der Waals surface area contributed by atoms with E-state index in [1.165, 1.54) is 24.7 Å². The minimum Gasteiger partial charge on any atom is -0.477 e. The maximum absolute atomic E-state index is 10.7. The Labute approximate surface area is 98.5 Å². The van der Waals surface area contributed by atoms with Crippen LogP contribution in [-0.4, -0.2) is 33.6 Å². The second-order valence-electron chi connectivity index (χ2n) is 3.73. The number of hydrogen-bond donors (Lipinski definition) is 2. The average molecular weight is 238 g/mol. The van der Waals surface area contributed by atoms with E-state index < -0.39 is 5.97 Å². The maximum atomic E-state index is 10.7. The zero-order valence-corrected chi connectivity index (χ0v) is 9.67. The molecule has 1 aliphatic rings. The molecule has 5 heteroatoms. The molecule has 0 saturated carbocycles. The Morgan fingerprint density at radius 1 is 1.62 bits per heavy atom. The van der Waals surface area contributed by atoms with Gasteiger partial charge in [0.05, 0.1) is 0 Å². The van der Waals surface area contributed by atoms with Gasteiger partial charge in [0.25, 0.3) is 0 Å². The minimum atomic E-state index is -0.987. The normalized spacial score (nSPS) is 19.6. The fourth-order valence-corrected chi connectivity index (χ4v) is 2.88. The summed E-state index contributed by atoms with van der Waals surface area (Å²) in [4.78, 5) is 14.7. The van der Waals surface area contributed by atoms with E-state index in [0.29, 0.717) is 11.1 Å². The van der Waals surface area contributed by atoms with E-state index in [1.807, 2.05) is 11.8 Å². The number of aromatic nitrogens is 1. The molecule has 0 radical (unpaired) electrons. The summed E-state index contributed by atoms with van der Waals surface area (Å²) in [5, 5.41) is 12.6. The van der Waals surface area contributed by atoms with Crippen molar-refractivity contribution in [3.63, 3.8) is 0 Å². The molecule has 2 rings (SSSR count). The first-order chi connectivity index (χ1) is 7.75. The average Bonchev–Trinajstić information content (AvgIpc) is 2.79. The third-order valence-corrected chi connectivity index (χ3v) is 3.90. The standard InChI is InChI=1S/C11H14N2O2S/c14-11(15)9-4-1-5-10(13-9)12-7-8-3-2-6-16-8/h1,4-5,8H,2-3,6-7H2,(H,12,13)(H,14,15). The van der Waals surface area contributed by atoms with Crippen LogP contribution >= 0.6 is 11.8 Å². The quantitative estimate of drug-likeness (QED) is 0.841. The largest absolute Gasteiger partial charge is 0.477 e. The van der Waals surface area contributed by atoms with Crippen LogP contribution in [-0.2, 0) is 0 Å². The number of aromatic carboxylic acids is 1. The molecule has 2 N–H and O–H groups in total. The van der Waals surface area contributed by atoms with Gasteiger partial charge in [0.1, 0.15) is 5.82 Å². The Bertz CT molecular complexity index is 378. The van der Waals surface area contributed by atoms with Gasteiger partial charge in [0, 0.05) is 11.8 Å². The highest BCUT2D eigenvalue weighted by molar-refractivity contribution is 8.00. The number of carboxylic acid groups (broad SMARTS) is 1. The molecule has 0 aromatic carbocycles. The molecule has 0 spiro atoms. The molecule has 16 heavy (non-hydrogen) atoms. The summed E-state index contributed by atoms with van der Waals surface area (Å²) in [5.74, 6) is 0.890. The van der Waals surface area contributed by atoms with Gasteiger partial charge in [-0.15, -0.1) is 0 Å². The molecular weight excluding hydrogens is 224 g/mol. The predicted octanol–water partition coefficient (Wildman–Crippen LogP) is 2.09. The molecule has 0 bridgehead atoms. The van der Waals surface area contributed by atoms with Crippen LogP contribution in [0.1, 0.15) is 23.3 Å². The van der Waals surface area contributed by atoms with E-state index in [9.17, 15) is 4.79 Å². The first-order valence-corrected chi connectivity index (χ1v) is 6.36. The predicted molar refractivity (Wildman–Crippen MR) is 65.2 cm³/mol. The van der Waals surface area contributed by atoms with Crippen LogP contribution in [0.5, 0.6) is 0 Å². The summed E-state index contributed by atoms with van der Waals surface area (Å²) >= 11 is 1.97. The number of hydrogen-bond acceptors (Lipinski definition) is 4. The smallest absolute Gasteiger partial charge is 0.354 e. The highest BCUT2D eigenvalue weighted by Crippen LogP contribution is 2.26. The number of nitrogens with one attached hydrogen (secondary N) is 1. The highest BCUT2D eigenvalue weighted by Gasteiger charge is 2.15. The molecule has 1 fully saturated rings. The van der Waals surface area contributed by atoms with Gasteiger partial charge in [-0.2, -0.15) is 11.8 Å². The molecule has 1 aliphatic heterocycles. The summed E-state index contributed by atoms with van der Waals surface area (Å²) in [6.07, 6.45) is 2.51. The summed E-state index contributed by atoms with van der Waals surface area (Å²) < 4.78 is 0. The van der Waals surface area contributed by atoms with Crippen molar-refractivity contribution in [3.8, 4) is 0 Å². The number of anilines is 1. The van der Waals surface area contributed by atoms with Crippen molar-refractivity contribution in [2.24, 2.45) is 0 Å². The van der Waals surface area contributed by atoms with Gasteiger partial charge in [-0.1, -0.05) is 6.07 Å². The number of thioether (sulfide) groups is 1. The van der Waals surface area contributed by atoms with Crippen molar-refractivity contribution < 1.29 is 9.90 Å². The van der Waals surface area contributed by atoms with Crippen molar-refractivity contribution in [3.05, 3.63) is 23.9 Å². The molecule has 4 nitrogen and oxygen atoms in total. The van der Waals surface area contributed by atoms with Gasteiger partial charge in [-0.05, 0) is 30.7 Å². The lowest BCUT2D eigenvalue weighted by molar-refractivity contribution is 0.0690. The van der Waals surface area contributed by atoms with Gasteiger partial charge in [0.15, 0.2) is 5.69 Å². The fraction of sp³-hybridized carbons (Fsp3) is 0.455. The Kier molecular flexibility index (Phi) is 3.66. The lowest BCUT2D eigenvalue weighted by Gasteiger charge is -2.10. The van der Waals surface area contributed by atoms with E-state index >= 15 is 0 Å². The molecular formula is C11H14N2O2S. The van der Waals surface area contributed by atoms with E-state index in [0.717, 1.165) is 6.54 Å². The second-order valence-corrected chi connectivity index (χ2v) is 5.14. The summed E-state index contributed by atoms with van der Waals surface area (Å²) in [7, 11) is 0.